The van der Waals surface area contributed by atoms with Crippen molar-refractivity contribution in [3.63, 3.8) is 0 Å². The molecule has 1 aromatic rings. The summed E-state index contributed by atoms with van der Waals surface area (Å²) in [5.74, 6) is 0. The van der Waals surface area contributed by atoms with Crippen molar-refractivity contribution in [2.45, 2.75) is 6.29 Å². The van der Waals surface area contributed by atoms with E-state index in [1.165, 1.54) is 14.2 Å². The lowest BCUT2D eigenvalue weighted by atomic mass is 10.2. The van der Waals surface area contributed by atoms with Crippen LogP contribution in [0.25, 0.3) is 0 Å². The van der Waals surface area contributed by atoms with E-state index < -0.39 is 6.29 Å². The van der Waals surface area contributed by atoms with E-state index in [0.29, 0.717) is 5.69 Å². The number of ether oxygens (including phenoxy) is 2. The molecule has 0 amide bonds. The second-order valence-corrected chi connectivity index (χ2v) is 3.22. The zero-order chi connectivity index (χ0) is 13.4. The van der Waals surface area contributed by atoms with Crippen molar-refractivity contribution in [2.75, 3.05) is 19.6 Å². The number of rotatable bonds is 5. The Kier molecular flexibility index (Phi) is 5.33. The van der Waals surface area contributed by atoms with Gasteiger partial charge in [0.25, 0.3) is 0 Å². The van der Waals surface area contributed by atoms with Gasteiger partial charge in [-0.15, -0.1) is 0 Å². The number of nitrogens with zero attached hydrogens (tertiary/aromatic N) is 3. The normalized spacial score (nSPS) is 9.39. The van der Waals surface area contributed by atoms with Crippen molar-refractivity contribution in [3.05, 3.63) is 29.8 Å². The summed E-state index contributed by atoms with van der Waals surface area (Å²) in [6.07, 6.45) is -0.470. The molecule has 0 spiro atoms. The Labute approximate surface area is 105 Å². The molecule has 0 bridgehead atoms. The zero-order valence-electron chi connectivity index (χ0n) is 10.0. The summed E-state index contributed by atoms with van der Waals surface area (Å²) in [6, 6.07) is 10.5. The largest absolute Gasteiger partial charge is 0.352 e. The van der Waals surface area contributed by atoms with Crippen molar-refractivity contribution in [3.8, 4) is 12.1 Å². The lowest BCUT2D eigenvalue weighted by Gasteiger charge is -2.14. The van der Waals surface area contributed by atoms with Crippen LogP contribution in [-0.2, 0) is 9.47 Å². The van der Waals surface area contributed by atoms with Crippen molar-refractivity contribution in [1.29, 1.82) is 10.5 Å². The fourth-order valence-corrected chi connectivity index (χ4v) is 1.32. The smallest absolute Gasteiger partial charge is 0.237 e. The molecule has 0 unspecified atom stereocenters. The van der Waals surface area contributed by atoms with Gasteiger partial charge in [-0.05, 0) is 12.1 Å². The average Bonchev–Trinajstić information content (AvgIpc) is 2.42. The first-order valence-electron chi connectivity index (χ1n) is 5.04. The standard InChI is InChI=1S/C12H12N4O2/c1-17-12(18-2)9-4-3-5-10(6-9)15-16-11(7-13)8-14/h3-6,12,15H,1-2H3. The number of nitriles is 2. The van der Waals surface area contributed by atoms with E-state index >= 15 is 0 Å². The van der Waals surface area contributed by atoms with Crippen LogP contribution in [0, 0.1) is 22.7 Å². The first kappa shape index (κ1) is 13.7. The number of hydrazone groups is 1. The van der Waals surface area contributed by atoms with Crippen LogP contribution >= 0.6 is 0 Å². The molecule has 0 atom stereocenters. The zero-order valence-corrected chi connectivity index (χ0v) is 10.0. The topological polar surface area (TPSA) is 90.4 Å². The maximum Gasteiger partial charge on any atom is 0.237 e. The summed E-state index contributed by atoms with van der Waals surface area (Å²) in [6.45, 7) is 0. The lowest BCUT2D eigenvalue weighted by molar-refractivity contribution is -0.105. The predicted molar refractivity (Wildman–Crippen MR) is 65.5 cm³/mol. The molecule has 1 N–H and O–H groups in total. The summed E-state index contributed by atoms with van der Waals surface area (Å²) in [4.78, 5) is 0. The minimum absolute atomic E-state index is 0.240. The molecule has 0 radical (unpaired) electrons. The molecule has 0 saturated carbocycles. The van der Waals surface area contributed by atoms with Crippen LogP contribution in [0.4, 0.5) is 5.69 Å². The van der Waals surface area contributed by atoms with E-state index in [9.17, 15) is 0 Å². The van der Waals surface area contributed by atoms with Gasteiger partial charge in [-0.3, -0.25) is 5.43 Å². The Bertz CT molecular complexity index is 494. The molecule has 6 heteroatoms. The molecular formula is C12H12N4O2. The number of hydrogen-bond donors (Lipinski definition) is 1. The van der Waals surface area contributed by atoms with Gasteiger partial charge in [-0.25, -0.2) is 0 Å². The SMILES string of the molecule is COC(OC)c1cccc(NN=C(C#N)C#N)c1. The van der Waals surface area contributed by atoms with E-state index in [0.717, 1.165) is 5.56 Å². The van der Waals surface area contributed by atoms with E-state index in [-0.39, 0.29) is 5.71 Å². The Hall–Kier alpha value is -2.41. The van der Waals surface area contributed by atoms with Gasteiger partial charge in [0, 0.05) is 19.8 Å². The molecule has 6 nitrogen and oxygen atoms in total. The summed E-state index contributed by atoms with van der Waals surface area (Å²) < 4.78 is 10.2. The van der Waals surface area contributed by atoms with Gasteiger partial charge in [0.2, 0.25) is 5.71 Å². The molecule has 1 rings (SSSR count). The first-order chi connectivity index (χ1) is 8.74. The first-order valence-corrected chi connectivity index (χ1v) is 5.04. The molecule has 0 aliphatic rings. The number of anilines is 1. The minimum atomic E-state index is -0.470. The van der Waals surface area contributed by atoms with E-state index in [2.05, 4.69) is 10.5 Å². The highest BCUT2D eigenvalue weighted by Gasteiger charge is 2.08. The summed E-state index contributed by atoms with van der Waals surface area (Å²) in [7, 11) is 3.08. The van der Waals surface area contributed by atoms with E-state index in [1.807, 2.05) is 6.07 Å². The monoisotopic (exact) mass is 244 g/mol. The third kappa shape index (κ3) is 3.56. The number of nitrogens with one attached hydrogen (secondary N) is 1. The maximum atomic E-state index is 8.54. The molecular weight excluding hydrogens is 232 g/mol. The van der Waals surface area contributed by atoms with Gasteiger partial charge >= 0.3 is 0 Å². The lowest BCUT2D eigenvalue weighted by Crippen LogP contribution is -2.04. The van der Waals surface area contributed by atoms with Crippen LogP contribution in [0.5, 0.6) is 0 Å². The van der Waals surface area contributed by atoms with Gasteiger partial charge < -0.3 is 9.47 Å². The predicted octanol–water partition coefficient (Wildman–Crippen LogP) is 1.79. The fourth-order valence-electron chi connectivity index (χ4n) is 1.32. The number of hydrogen-bond acceptors (Lipinski definition) is 6. The van der Waals surface area contributed by atoms with Crippen molar-refractivity contribution < 1.29 is 9.47 Å². The molecule has 0 saturated heterocycles. The highest BCUT2D eigenvalue weighted by molar-refractivity contribution is 6.10. The fraction of sp³-hybridized carbons (Fsp3) is 0.250. The third-order valence-electron chi connectivity index (χ3n) is 2.10. The van der Waals surface area contributed by atoms with E-state index in [4.69, 9.17) is 20.0 Å². The van der Waals surface area contributed by atoms with Crippen LogP contribution in [-0.4, -0.2) is 19.9 Å². The van der Waals surface area contributed by atoms with Crippen LogP contribution < -0.4 is 5.43 Å². The molecule has 1 aromatic carbocycles. The second kappa shape index (κ2) is 7.02. The highest BCUT2D eigenvalue weighted by atomic mass is 16.7. The van der Waals surface area contributed by atoms with Crippen LogP contribution in [0.2, 0.25) is 0 Å². The van der Waals surface area contributed by atoms with Crippen LogP contribution in [0.15, 0.2) is 29.4 Å². The minimum Gasteiger partial charge on any atom is -0.352 e. The van der Waals surface area contributed by atoms with Gasteiger partial charge in [-0.2, -0.15) is 15.6 Å². The van der Waals surface area contributed by atoms with Crippen molar-refractivity contribution in [1.82, 2.24) is 0 Å². The molecule has 0 aromatic heterocycles. The number of methoxy groups -OCH3 is 2. The van der Waals surface area contributed by atoms with Crippen LogP contribution in [0.1, 0.15) is 11.9 Å². The quantitative estimate of drug-likeness (QED) is 0.484. The maximum absolute atomic E-state index is 8.54. The Balaban J connectivity index is 2.87. The van der Waals surface area contributed by atoms with Gasteiger partial charge in [0.1, 0.15) is 12.1 Å². The average molecular weight is 244 g/mol. The van der Waals surface area contributed by atoms with E-state index in [1.54, 1.807) is 30.3 Å². The molecule has 0 aliphatic heterocycles. The van der Waals surface area contributed by atoms with Gasteiger partial charge in [0.05, 0.1) is 5.69 Å². The Morgan fingerprint density at radius 2 is 1.94 bits per heavy atom. The number of benzene rings is 1. The summed E-state index contributed by atoms with van der Waals surface area (Å²) >= 11 is 0. The van der Waals surface area contributed by atoms with Crippen molar-refractivity contribution in [2.24, 2.45) is 5.10 Å². The Morgan fingerprint density at radius 3 is 2.50 bits per heavy atom. The molecule has 0 aliphatic carbocycles. The second-order valence-electron chi connectivity index (χ2n) is 3.22. The molecule has 92 valence electrons. The molecule has 18 heavy (non-hydrogen) atoms. The highest BCUT2D eigenvalue weighted by Crippen LogP contribution is 2.20. The molecule has 0 heterocycles. The van der Waals surface area contributed by atoms with Crippen molar-refractivity contribution >= 4 is 11.4 Å². The van der Waals surface area contributed by atoms with Crippen LogP contribution in [0.3, 0.4) is 0 Å². The van der Waals surface area contributed by atoms with Gasteiger partial charge in [0.15, 0.2) is 6.29 Å². The summed E-state index contributed by atoms with van der Waals surface area (Å²) in [5, 5.41) is 20.7. The summed E-state index contributed by atoms with van der Waals surface area (Å²) in [5.41, 5.74) is 3.82. The third-order valence-corrected chi connectivity index (χ3v) is 2.10. The van der Waals surface area contributed by atoms with Gasteiger partial charge in [-0.1, -0.05) is 12.1 Å². The molecule has 0 fully saturated rings. The Morgan fingerprint density at radius 1 is 1.28 bits per heavy atom.